The first-order chi connectivity index (χ1) is 10.4. The van der Waals surface area contributed by atoms with Crippen LogP contribution in [0.5, 0.6) is 0 Å². The lowest BCUT2D eigenvalue weighted by Gasteiger charge is -2.50. The Balaban J connectivity index is 1.56. The highest BCUT2D eigenvalue weighted by atomic mass is 16.5. The molecule has 2 nitrogen and oxygen atoms in total. The largest absolute Gasteiger partial charge is 0.393 e. The van der Waals surface area contributed by atoms with Crippen molar-refractivity contribution in [3.05, 3.63) is 23.8 Å². The van der Waals surface area contributed by atoms with E-state index in [0.717, 1.165) is 19.4 Å². The molecular weight excluding hydrogens is 272 g/mol. The van der Waals surface area contributed by atoms with E-state index in [1.165, 1.54) is 12.0 Å². The fourth-order valence-electron chi connectivity index (χ4n) is 6.41. The number of aliphatic hydroxyl groups is 1. The Bertz CT molecular complexity index is 532. The highest BCUT2D eigenvalue weighted by Gasteiger charge is 2.83. The summed E-state index contributed by atoms with van der Waals surface area (Å²) in [5, 5.41) is 10.9. The second-order valence-electron chi connectivity index (χ2n) is 8.78. The summed E-state index contributed by atoms with van der Waals surface area (Å²) in [5.41, 5.74) is 1.90. The summed E-state index contributed by atoms with van der Waals surface area (Å²) in [5.74, 6) is 2.16. The smallest absolute Gasteiger partial charge is 0.0719 e. The summed E-state index contributed by atoms with van der Waals surface area (Å²) in [4.78, 5) is 0. The van der Waals surface area contributed by atoms with Crippen molar-refractivity contribution in [1.29, 1.82) is 0 Å². The molecule has 1 N–H and O–H groups in total. The lowest BCUT2D eigenvalue weighted by Crippen LogP contribution is -2.51. The minimum Gasteiger partial charge on any atom is -0.393 e. The number of fused-ring (bicyclic) bond motifs is 1. The standard InChI is InChI=1S/C20H30O2/c1-12(2)6-5-7-13(3)17-15-11-22-18-14-8-9-19(4,10-16(17)21)20(14,15)18/h6,8-9,13-18,21H,5,7,10-11H2,1-4H3/t13-,14?,15+,16-,17+,18+,19+,20-/m1/s1. The van der Waals surface area contributed by atoms with Crippen molar-refractivity contribution in [2.75, 3.05) is 6.61 Å². The molecule has 1 unspecified atom stereocenters. The first-order valence-electron chi connectivity index (χ1n) is 9.04. The van der Waals surface area contributed by atoms with Crippen LogP contribution >= 0.6 is 0 Å². The molecule has 2 heteroatoms. The maximum Gasteiger partial charge on any atom is 0.0719 e. The maximum absolute atomic E-state index is 10.9. The van der Waals surface area contributed by atoms with E-state index >= 15 is 0 Å². The second-order valence-corrected chi connectivity index (χ2v) is 8.78. The van der Waals surface area contributed by atoms with Crippen molar-refractivity contribution in [3.8, 4) is 0 Å². The van der Waals surface area contributed by atoms with Crippen LogP contribution in [0.3, 0.4) is 0 Å². The zero-order valence-electron chi connectivity index (χ0n) is 14.4. The van der Waals surface area contributed by atoms with Gasteiger partial charge in [0.15, 0.2) is 0 Å². The lowest BCUT2D eigenvalue weighted by molar-refractivity contribution is -0.0807. The van der Waals surface area contributed by atoms with Gasteiger partial charge in [-0.2, -0.15) is 0 Å². The van der Waals surface area contributed by atoms with Crippen molar-refractivity contribution >= 4 is 0 Å². The van der Waals surface area contributed by atoms with Crippen LogP contribution in [0.4, 0.5) is 0 Å². The van der Waals surface area contributed by atoms with Crippen molar-refractivity contribution in [2.45, 2.75) is 59.2 Å². The van der Waals surface area contributed by atoms with Crippen molar-refractivity contribution in [3.63, 3.8) is 0 Å². The molecule has 0 radical (unpaired) electrons. The number of hydrogen-bond acceptors (Lipinski definition) is 2. The number of allylic oxidation sites excluding steroid dienone is 3. The molecule has 4 aliphatic rings. The van der Waals surface area contributed by atoms with Crippen LogP contribution in [0.2, 0.25) is 0 Å². The SMILES string of the molecule is CC(C)=CCC[C@@H](C)[C@@H]1[C@H](O)C[C@]2(C)C=CC3[C@@H]4OC[C@@H]1[C@]342. The predicted octanol–water partition coefficient (Wildman–Crippen LogP) is 3.96. The van der Waals surface area contributed by atoms with Gasteiger partial charge in [-0.25, -0.2) is 0 Å². The molecule has 3 aliphatic carbocycles. The predicted molar refractivity (Wildman–Crippen MR) is 88.3 cm³/mol. The van der Waals surface area contributed by atoms with Crippen molar-refractivity contribution in [1.82, 2.24) is 0 Å². The Hall–Kier alpha value is -0.600. The van der Waals surface area contributed by atoms with E-state index < -0.39 is 0 Å². The van der Waals surface area contributed by atoms with Gasteiger partial charge in [0.05, 0.1) is 18.8 Å². The zero-order chi connectivity index (χ0) is 15.7. The molecular formula is C20H30O2. The molecule has 0 bridgehead atoms. The highest BCUT2D eigenvalue weighted by molar-refractivity contribution is 5.40. The highest BCUT2D eigenvalue weighted by Crippen LogP contribution is 2.80. The molecule has 1 saturated heterocycles. The van der Waals surface area contributed by atoms with E-state index in [1.54, 1.807) is 0 Å². The summed E-state index contributed by atoms with van der Waals surface area (Å²) in [7, 11) is 0. The molecule has 2 saturated carbocycles. The minimum atomic E-state index is -0.173. The normalized spacial score (nSPS) is 52.1. The Kier molecular flexibility index (Phi) is 3.20. The summed E-state index contributed by atoms with van der Waals surface area (Å²) in [6.45, 7) is 9.91. The van der Waals surface area contributed by atoms with Crippen LogP contribution in [0.15, 0.2) is 23.8 Å². The van der Waals surface area contributed by atoms with Gasteiger partial charge >= 0.3 is 0 Å². The van der Waals surface area contributed by atoms with Crippen LogP contribution in [0, 0.1) is 34.5 Å². The fraction of sp³-hybridized carbons (Fsp3) is 0.800. The van der Waals surface area contributed by atoms with Crippen LogP contribution in [-0.2, 0) is 4.74 Å². The summed E-state index contributed by atoms with van der Waals surface area (Å²) < 4.78 is 6.16. The molecule has 4 rings (SSSR count). The van der Waals surface area contributed by atoms with E-state index in [4.69, 9.17) is 4.74 Å². The Morgan fingerprint density at radius 3 is 2.91 bits per heavy atom. The number of rotatable bonds is 4. The van der Waals surface area contributed by atoms with E-state index in [0.29, 0.717) is 35.2 Å². The summed E-state index contributed by atoms with van der Waals surface area (Å²) in [6.07, 6.45) is 10.6. The van der Waals surface area contributed by atoms with E-state index in [1.807, 2.05) is 0 Å². The van der Waals surface area contributed by atoms with Gasteiger partial charge < -0.3 is 9.84 Å². The third-order valence-electron chi connectivity index (χ3n) is 7.34. The third kappa shape index (κ3) is 1.69. The molecule has 0 amide bonds. The molecule has 122 valence electrons. The van der Waals surface area contributed by atoms with Crippen LogP contribution in [0.25, 0.3) is 0 Å². The van der Waals surface area contributed by atoms with Gasteiger partial charge in [-0.3, -0.25) is 0 Å². The van der Waals surface area contributed by atoms with Gasteiger partial charge in [-0.15, -0.1) is 0 Å². The lowest BCUT2D eigenvalue weighted by atomic mass is 9.54. The Morgan fingerprint density at radius 1 is 1.45 bits per heavy atom. The van der Waals surface area contributed by atoms with Crippen LogP contribution < -0.4 is 0 Å². The summed E-state index contributed by atoms with van der Waals surface area (Å²) >= 11 is 0. The van der Waals surface area contributed by atoms with Crippen LogP contribution in [0.1, 0.15) is 47.0 Å². The van der Waals surface area contributed by atoms with Gasteiger partial charge in [-0.1, -0.05) is 37.6 Å². The minimum absolute atomic E-state index is 0.166. The maximum atomic E-state index is 10.9. The van der Waals surface area contributed by atoms with Gasteiger partial charge in [0.25, 0.3) is 0 Å². The Labute approximate surface area is 134 Å². The number of ether oxygens (including phenoxy) is 1. The van der Waals surface area contributed by atoms with Gasteiger partial charge in [0.1, 0.15) is 0 Å². The quantitative estimate of drug-likeness (QED) is 0.797. The fourth-order valence-corrected chi connectivity index (χ4v) is 6.41. The molecule has 8 atom stereocenters. The van der Waals surface area contributed by atoms with Crippen molar-refractivity contribution < 1.29 is 9.84 Å². The molecule has 1 heterocycles. The zero-order valence-corrected chi connectivity index (χ0v) is 14.4. The average molecular weight is 302 g/mol. The van der Waals surface area contributed by atoms with Gasteiger partial charge in [-0.05, 0) is 56.3 Å². The Morgan fingerprint density at radius 2 is 2.23 bits per heavy atom. The first-order valence-corrected chi connectivity index (χ1v) is 9.04. The second kappa shape index (κ2) is 4.70. The monoisotopic (exact) mass is 302 g/mol. The van der Waals surface area contributed by atoms with Gasteiger partial charge in [0.2, 0.25) is 0 Å². The molecule has 1 spiro atoms. The topological polar surface area (TPSA) is 29.5 Å². The molecule has 22 heavy (non-hydrogen) atoms. The molecule has 1 aliphatic heterocycles. The number of hydrogen-bond donors (Lipinski definition) is 1. The molecule has 0 aromatic heterocycles. The molecule has 3 fully saturated rings. The molecule has 0 aromatic rings. The average Bonchev–Trinajstić information content (AvgIpc) is 2.71. The van der Waals surface area contributed by atoms with E-state index in [9.17, 15) is 5.11 Å². The van der Waals surface area contributed by atoms with E-state index in [-0.39, 0.29) is 11.5 Å². The summed E-state index contributed by atoms with van der Waals surface area (Å²) in [6, 6.07) is 0. The molecule has 0 aromatic carbocycles. The number of aliphatic hydroxyl groups excluding tert-OH is 1. The van der Waals surface area contributed by atoms with E-state index in [2.05, 4.69) is 45.9 Å². The third-order valence-corrected chi connectivity index (χ3v) is 7.34. The first kappa shape index (κ1) is 15.0. The van der Waals surface area contributed by atoms with Gasteiger partial charge in [0, 0.05) is 11.3 Å². The van der Waals surface area contributed by atoms with Crippen molar-refractivity contribution in [2.24, 2.45) is 34.5 Å². The van der Waals surface area contributed by atoms with Crippen LogP contribution in [-0.4, -0.2) is 23.9 Å².